The Morgan fingerprint density at radius 2 is 1.75 bits per heavy atom. The van der Waals surface area contributed by atoms with Gasteiger partial charge in [-0.1, -0.05) is 19.3 Å². The molecule has 2 N–H and O–H groups in total. The maximum absolute atomic E-state index is 13.1. The van der Waals surface area contributed by atoms with Gasteiger partial charge in [0, 0.05) is 30.5 Å². The lowest BCUT2D eigenvalue weighted by Gasteiger charge is -2.25. The van der Waals surface area contributed by atoms with E-state index >= 15 is 0 Å². The zero-order valence-corrected chi connectivity index (χ0v) is 16.1. The van der Waals surface area contributed by atoms with Gasteiger partial charge in [0.25, 0.3) is 11.8 Å². The van der Waals surface area contributed by atoms with Gasteiger partial charge in [-0.2, -0.15) is 0 Å². The highest BCUT2D eigenvalue weighted by Gasteiger charge is 2.23. The molecule has 0 spiro atoms. The number of carbonyl (C=O) groups is 2. The van der Waals surface area contributed by atoms with Crippen LogP contribution in [0.3, 0.4) is 0 Å². The molecule has 0 radical (unpaired) electrons. The Bertz CT molecular complexity index is 820. The molecule has 2 amide bonds. The molecule has 28 heavy (non-hydrogen) atoms. The molecule has 2 aliphatic rings. The lowest BCUT2D eigenvalue weighted by atomic mass is 9.95. The molecule has 6 nitrogen and oxygen atoms in total. The molecule has 1 aliphatic carbocycles. The van der Waals surface area contributed by atoms with Crippen molar-refractivity contribution in [3.8, 4) is 0 Å². The Balaban J connectivity index is 1.56. The predicted octanol–water partition coefficient (Wildman–Crippen LogP) is 4.19. The minimum Gasteiger partial charge on any atom is -0.459 e. The van der Waals surface area contributed by atoms with Crippen LogP contribution in [0.15, 0.2) is 41.0 Å². The van der Waals surface area contributed by atoms with E-state index in [1.165, 1.54) is 25.5 Å². The lowest BCUT2D eigenvalue weighted by Crippen LogP contribution is -2.37. The van der Waals surface area contributed by atoms with Crippen molar-refractivity contribution in [1.29, 1.82) is 0 Å². The van der Waals surface area contributed by atoms with E-state index in [4.69, 9.17) is 4.42 Å². The van der Waals surface area contributed by atoms with Crippen LogP contribution in [0, 0.1) is 0 Å². The van der Waals surface area contributed by atoms with Gasteiger partial charge in [0.15, 0.2) is 5.76 Å². The average molecular weight is 381 g/mol. The fourth-order valence-corrected chi connectivity index (χ4v) is 4.14. The molecular formula is C22H27N3O3. The first-order valence-electron chi connectivity index (χ1n) is 10.3. The van der Waals surface area contributed by atoms with E-state index in [1.54, 1.807) is 18.2 Å². The number of nitrogens with one attached hydrogen (secondary N) is 2. The normalized spacial score (nSPS) is 17.5. The molecule has 1 saturated carbocycles. The fourth-order valence-electron chi connectivity index (χ4n) is 4.14. The highest BCUT2D eigenvalue weighted by Crippen LogP contribution is 2.28. The minimum atomic E-state index is -0.322. The monoisotopic (exact) mass is 381 g/mol. The quantitative estimate of drug-likeness (QED) is 0.814. The van der Waals surface area contributed by atoms with Crippen LogP contribution in [0.25, 0.3) is 0 Å². The summed E-state index contributed by atoms with van der Waals surface area (Å²) in [6.45, 7) is 1.92. The number of hydrogen-bond donors (Lipinski definition) is 2. The molecule has 6 heteroatoms. The standard InChI is InChI=1S/C22H27N3O3/c26-21(23-16-7-2-1-3-8-16)18-15-17(24-22(27)20-9-6-14-28-20)10-11-19(18)25-12-4-5-13-25/h6,9-11,14-16H,1-5,7-8,12-13H2,(H,23,26)(H,24,27). The van der Waals surface area contributed by atoms with Crippen LogP contribution in [0.2, 0.25) is 0 Å². The number of rotatable bonds is 5. The Kier molecular flexibility index (Phi) is 5.65. The fraction of sp³-hybridized carbons (Fsp3) is 0.455. The number of carbonyl (C=O) groups excluding carboxylic acids is 2. The van der Waals surface area contributed by atoms with Crippen molar-refractivity contribution in [2.24, 2.45) is 0 Å². The van der Waals surface area contributed by atoms with Crippen molar-refractivity contribution in [3.05, 3.63) is 47.9 Å². The summed E-state index contributed by atoms with van der Waals surface area (Å²) < 4.78 is 5.15. The third-order valence-corrected chi connectivity index (χ3v) is 5.63. The predicted molar refractivity (Wildman–Crippen MR) is 109 cm³/mol. The first-order valence-corrected chi connectivity index (χ1v) is 10.3. The van der Waals surface area contributed by atoms with Crippen molar-refractivity contribution >= 4 is 23.2 Å². The van der Waals surface area contributed by atoms with Gasteiger partial charge >= 0.3 is 0 Å². The maximum atomic E-state index is 13.1. The Hall–Kier alpha value is -2.76. The van der Waals surface area contributed by atoms with E-state index in [0.717, 1.165) is 44.5 Å². The number of benzene rings is 1. The number of amides is 2. The third kappa shape index (κ3) is 4.21. The van der Waals surface area contributed by atoms with E-state index < -0.39 is 0 Å². The topological polar surface area (TPSA) is 74.6 Å². The zero-order chi connectivity index (χ0) is 19.3. The Morgan fingerprint density at radius 3 is 2.46 bits per heavy atom. The van der Waals surface area contributed by atoms with Crippen LogP contribution in [0.1, 0.15) is 65.9 Å². The van der Waals surface area contributed by atoms with Crippen LogP contribution < -0.4 is 15.5 Å². The van der Waals surface area contributed by atoms with Crippen LogP contribution in [0.4, 0.5) is 11.4 Å². The van der Waals surface area contributed by atoms with Gasteiger partial charge in [0.1, 0.15) is 0 Å². The summed E-state index contributed by atoms with van der Waals surface area (Å²) in [6, 6.07) is 9.12. The second-order valence-electron chi connectivity index (χ2n) is 7.67. The molecule has 1 aromatic heterocycles. The molecular weight excluding hydrogens is 354 g/mol. The van der Waals surface area contributed by atoms with Crippen molar-refractivity contribution in [1.82, 2.24) is 5.32 Å². The second-order valence-corrected chi connectivity index (χ2v) is 7.67. The number of nitrogens with zero attached hydrogens (tertiary/aromatic N) is 1. The highest BCUT2D eigenvalue weighted by atomic mass is 16.3. The summed E-state index contributed by atoms with van der Waals surface area (Å²) >= 11 is 0. The van der Waals surface area contributed by atoms with E-state index in [9.17, 15) is 9.59 Å². The molecule has 148 valence electrons. The summed E-state index contributed by atoms with van der Waals surface area (Å²) in [7, 11) is 0. The highest BCUT2D eigenvalue weighted by molar-refractivity contribution is 6.05. The summed E-state index contributed by atoms with van der Waals surface area (Å²) in [5, 5.41) is 6.04. The second kappa shape index (κ2) is 8.50. The molecule has 1 aliphatic heterocycles. The Morgan fingerprint density at radius 1 is 0.964 bits per heavy atom. The summed E-state index contributed by atoms with van der Waals surface area (Å²) in [4.78, 5) is 27.6. The van der Waals surface area contributed by atoms with E-state index in [-0.39, 0.29) is 23.6 Å². The smallest absolute Gasteiger partial charge is 0.291 e. The number of furan rings is 1. The van der Waals surface area contributed by atoms with E-state index in [2.05, 4.69) is 15.5 Å². The van der Waals surface area contributed by atoms with E-state index in [1.807, 2.05) is 12.1 Å². The lowest BCUT2D eigenvalue weighted by molar-refractivity contribution is 0.0927. The average Bonchev–Trinajstić information content (AvgIpc) is 3.43. The molecule has 0 unspecified atom stereocenters. The molecule has 1 aromatic carbocycles. The van der Waals surface area contributed by atoms with Crippen molar-refractivity contribution in [2.75, 3.05) is 23.3 Å². The molecule has 2 aromatic rings. The van der Waals surface area contributed by atoms with Crippen LogP contribution in [-0.2, 0) is 0 Å². The minimum absolute atomic E-state index is 0.0529. The number of hydrogen-bond acceptors (Lipinski definition) is 4. The molecule has 0 atom stereocenters. The van der Waals surface area contributed by atoms with Gasteiger partial charge in [-0.25, -0.2) is 0 Å². The largest absolute Gasteiger partial charge is 0.459 e. The van der Waals surface area contributed by atoms with E-state index in [0.29, 0.717) is 11.3 Å². The SMILES string of the molecule is O=C(Nc1ccc(N2CCCC2)c(C(=O)NC2CCCCC2)c1)c1ccco1. The zero-order valence-electron chi connectivity index (χ0n) is 16.1. The summed E-state index contributed by atoms with van der Waals surface area (Å²) in [5.74, 6) is -0.128. The molecule has 2 fully saturated rings. The van der Waals surface area contributed by atoms with Crippen molar-refractivity contribution in [3.63, 3.8) is 0 Å². The molecule has 1 saturated heterocycles. The maximum Gasteiger partial charge on any atom is 0.291 e. The van der Waals surface area contributed by atoms with Crippen molar-refractivity contribution in [2.45, 2.75) is 51.0 Å². The van der Waals surface area contributed by atoms with Gasteiger partial charge in [-0.3, -0.25) is 9.59 Å². The van der Waals surface area contributed by atoms with Gasteiger partial charge in [-0.05, 0) is 56.0 Å². The first kappa shape index (κ1) is 18.6. The van der Waals surface area contributed by atoms with Gasteiger partial charge in [0.05, 0.1) is 11.8 Å². The van der Waals surface area contributed by atoms with Crippen molar-refractivity contribution < 1.29 is 14.0 Å². The van der Waals surface area contributed by atoms with Crippen LogP contribution in [-0.4, -0.2) is 30.9 Å². The number of anilines is 2. The van der Waals surface area contributed by atoms with Crippen LogP contribution in [0.5, 0.6) is 0 Å². The first-order chi connectivity index (χ1) is 13.7. The van der Waals surface area contributed by atoms with Gasteiger partial charge < -0.3 is 20.0 Å². The third-order valence-electron chi connectivity index (χ3n) is 5.63. The van der Waals surface area contributed by atoms with Gasteiger partial charge in [0.2, 0.25) is 0 Å². The van der Waals surface area contributed by atoms with Crippen LogP contribution >= 0.6 is 0 Å². The molecule has 2 heterocycles. The Labute approximate surface area is 165 Å². The molecule has 0 bridgehead atoms. The van der Waals surface area contributed by atoms with Gasteiger partial charge in [-0.15, -0.1) is 0 Å². The summed E-state index contributed by atoms with van der Waals surface area (Å²) in [6.07, 6.45) is 9.42. The molecule has 4 rings (SSSR count). The summed E-state index contributed by atoms with van der Waals surface area (Å²) in [5.41, 5.74) is 2.17.